The van der Waals surface area contributed by atoms with Crippen LogP contribution < -0.4 is 0 Å². The largest absolute Gasteiger partial charge is 0.454 e. The van der Waals surface area contributed by atoms with Crippen molar-refractivity contribution in [3.05, 3.63) is 57.1 Å². The number of benzene rings is 1. The summed E-state index contributed by atoms with van der Waals surface area (Å²) in [5, 5.41) is 0. The second-order valence-corrected chi connectivity index (χ2v) is 6.07. The molecule has 0 amide bonds. The lowest BCUT2D eigenvalue weighted by Crippen LogP contribution is -2.16. The second-order valence-electron chi connectivity index (χ2n) is 5.15. The fraction of sp³-hybridized carbons (Fsp3) is 0.294. The van der Waals surface area contributed by atoms with Crippen molar-refractivity contribution < 1.29 is 18.7 Å². The summed E-state index contributed by atoms with van der Waals surface area (Å²) in [6.07, 6.45) is 0. The molecule has 0 aliphatic heterocycles. The van der Waals surface area contributed by atoms with Gasteiger partial charge >= 0.3 is 5.97 Å². The van der Waals surface area contributed by atoms with E-state index in [2.05, 4.69) is 15.9 Å². The van der Waals surface area contributed by atoms with Crippen LogP contribution in [-0.4, -0.2) is 22.9 Å². The Balaban J connectivity index is 2.10. The van der Waals surface area contributed by atoms with E-state index in [1.165, 1.54) is 12.1 Å². The number of esters is 1. The molecule has 1 aromatic heterocycles. The Hall–Kier alpha value is -1.95. The molecule has 4 nitrogen and oxygen atoms in total. The summed E-state index contributed by atoms with van der Waals surface area (Å²) in [6, 6.07) is 5.74. The second kappa shape index (κ2) is 7.08. The molecule has 0 spiro atoms. The molecule has 6 heteroatoms. The molecule has 2 aromatic rings. The molecule has 0 saturated heterocycles. The Kier molecular flexibility index (Phi) is 5.36. The van der Waals surface area contributed by atoms with E-state index < -0.39 is 18.4 Å². The van der Waals surface area contributed by atoms with Crippen LogP contribution in [0.15, 0.2) is 28.7 Å². The third kappa shape index (κ3) is 3.69. The summed E-state index contributed by atoms with van der Waals surface area (Å²) in [5.41, 5.74) is 2.12. The van der Waals surface area contributed by atoms with E-state index in [1.807, 2.05) is 25.3 Å². The average Bonchev–Trinajstić information content (AvgIpc) is 2.81. The Morgan fingerprint density at radius 2 is 1.91 bits per heavy atom. The number of ketones is 1. The molecule has 0 bridgehead atoms. The molecule has 0 atom stereocenters. The zero-order valence-corrected chi connectivity index (χ0v) is 14.7. The van der Waals surface area contributed by atoms with E-state index >= 15 is 0 Å². The monoisotopic (exact) mass is 381 g/mol. The van der Waals surface area contributed by atoms with E-state index in [0.29, 0.717) is 10.0 Å². The van der Waals surface area contributed by atoms with Crippen LogP contribution in [0.2, 0.25) is 0 Å². The predicted molar refractivity (Wildman–Crippen MR) is 88.3 cm³/mol. The minimum atomic E-state index is -0.860. The fourth-order valence-electron chi connectivity index (χ4n) is 2.51. The number of hydrogen-bond donors (Lipinski definition) is 0. The molecular formula is C17H17BrFNO3. The standard InChI is InChI=1S/C17H17BrFNO3/c1-4-20-10(2)7-13(11(20)3)16(21)9-23-17(22)14-8-12(18)5-6-15(14)19/h5-8H,4,9H2,1-3H3. The van der Waals surface area contributed by atoms with Crippen LogP contribution in [0.25, 0.3) is 0 Å². The van der Waals surface area contributed by atoms with Gasteiger partial charge in [-0.05, 0) is 45.0 Å². The van der Waals surface area contributed by atoms with Gasteiger partial charge in [0.15, 0.2) is 6.61 Å². The molecule has 0 aliphatic rings. The molecule has 1 aromatic carbocycles. The van der Waals surface area contributed by atoms with Gasteiger partial charge in [-0.15, -0.1) is 0 Å². The maximum absolute atomic E-state index is 13.6. The maximum atomic E-state index is 13.6. The third-order valence-electron chi connectivity index (χ3n) is 3.67. The van der Waals surface area contributed by atoms with Gasteiger partial charge in [-0.3, -0.25) is 4.79 Å². The van der Waals surface area contributed by atoms with Crippen molar-refractivity contribution in [1.82, 2.24) is 4.57 Å². The molecule has 0 saturated carbocycles. The van der Waals surface area contributed by atoms with Crippen LogP contribution in [0.5, 0.6) is 0 Å². The van der Waals surface area contributed by atoms with Gasteiger partial charge in [-0.2, -0.15) is 0 Å². The Labute approximate surface area is 142 Å². The predicted octanol–water partition coefficient (Wildman–Crippen LogP) is 4.07. The fourth-order valence-corrected chi connectivity index (χ4v) is 2.87. The van der Waals surface area contributed by atoms with Crippen molar-refractivity contribution in [2.24, 2.45) is 0 Å². The van der Waals surface area contributed by atoms with Crippen molar-refractivity contribution >= 4 is 27.7 Å². The number of aryl methyl sites for hydroxylation is 1. The van der Waals surface area contributed by atoms with Gasteiger partial charge in [-0.25, -0.2) is 9.18 Å². The Bertz CT molecular complexity index is 767. The average molecular weight is 382 g/mol. The molecule has 2 rings (SSSR count). The van der Waals surface area contributed by atoms with E-state index in [4.69, 9.17) is 4.74 Å². The molecule has 0 radical (unpaired) electrons. The van der Waals surface area contributed by atoms with Crippen molar-refractivity contribution in [2.45, 2.75) is 27.3 Å². The van der Waals surface area contributed by atoms with Crippen LogP contribution in [0.4, 0.5) is 4.39 Å². The number of hydrogen-bond acceptors (Lipinski definition) is 3. The number of aromatic nitrogens is 1. The van der Waals surface area contributed by atoms with Gasteiger partial charge in [0.25, 0.3) is 0 Å². The summed E-state index contributed by atoms with van der Waals surface area (Å²) < 4.78 is 21.1. The third-order valence-corrected chi connectivity index (χ3v) is 4.17. The highest BCUT2D eigenvalue weighted by Crippen LogP contribution is 2.18. The minimum absolute atomic E-state index is 0.203. The topological polar surface area (TPSA) is 48.3 Å². The van der Waals surface area contributed by atoms with E-state index in [9.17, 15) is 14.0 Å². The molecule has 0 N–H and O–H groups in total. The Morgan fingerprint density at radius 3 is 2.52 bits per heavy atom. The number of halogens is 2. The molecule has 0 fully saturated rings. The zero-order chi connectivity index (χ0) is 17.1. The minimum Gasteiger partial charge on any atom is -0.454 e. The molecule has 0 unspecified atom stereocenters. The smallest absolute Gasteiger partial charge is 0.341 e. The summed E-state index contributed by atoms with van der Waals surface area (Å²) in [5.74, 6) is -1.85. The number of carbonyl (C=O) groups excluding carboxylic acids is 2. The highest BCUT2D eigenvalue weighted by molar-refractivity contribution is 9.10. The quantitative estimate of drug-likeness (QED) is 0.579. The maximum Gasteiger partial charge on any atom is 0.341 e. The van der Waals surface area contributed by atoms with E-state index in [1.54, 1.807) is 6.07 Å². The van der Waals surface area contributed by atoms with Crippen molar-refractivity contribution in [2.75, 3.05) is 6.61 Å². The first-order valence-corrected chi connectivity index (χ1v) is 7.96. The van der Waals surface area contributed by atoms with Crippen molar-refractivity contribution in [3.63, 3.8) is 0 Å². The summed E-state index contributed by atoms with van der Waals surface area (Å²) in [7, 11) is 0. The van der Waals surface area contributed by atoms with Gasteiger partial charge in [-0.1, -0.05) is 15.9 Å². The van der Waals surface area contributed by atoms with E-state index in [-0.39, 0.29) is 11.3 Å². The van der Waals surface area contributed by atoms with E-state index in [0.717, 1.165) is 24.0 Å². The van der Waals surface area contributed by atoms with Gasteiger partial charge in [0.2, 0.25) is 5.78 Å². The zero-order valence-electron chi connectivity index (χ0n) is 13.2. The van der Waals surface area contributed by atoms with Crippen molar-refractivity contribution in [3.8, 4) is 0 Å². The summed E-state index contributed by atoms with van der Waals surface area (Å²) in [6.45, 7) is 6.09. The lowest BCUT2D eigenvalue weighted by molar-refractivity contribution is 0.0470. The number of carbonyl (C=O) groups is 2. The molecule has 122 valence electrons. The van der Waals surface area contributed by atoms with Crippen LogP contribution in [0.1, 0.15) is 39.0 Å². The van der Waals surface area contributed by atoms with Crippen LogP contribution in [0.3, 0.4) is 0 Å². The molecular weight excluding hydrogens is 365 g/mol. The van der Waals surface area contributed by atoms with Gasteiger partial charge in [0.1, 0.15) is 5.82 Å². The first-order valence-electron chi connectivity index (χ1n) is 7.17. The van der Waals surface area contributed by atoms with Crippen molar-refractivity contribution in [1.29, 1.82) is 0 Å². The van der Waals surface area contributed by atoms with Gasteiger partial charge in [0.05, 0.1) is 5.56 Å². The Morgan fingerprint density at radius 1 is 1.22 bits per heavy atom. The lowest BCUT2D eigenvalue weighted by atomic mass is 10.1. The van der Waals surface area contributed by atoms with Gasteiger partial charge < -0.3 is 9.30 Å². The molecule has 23 heavy (non-hydrogen) atoms. The highest BCUT2D eigenvalue weighted by atomic mass is 79.9. The summed E-state index contributed by atoms with van der Waals surface area (Å²) >= 11 is 3.17. The van der Waals surface area contributed by atoms with Gasteiger partial charge in [0, 0.05) is 28.0 Å². The van der Waals surface area contributed by atoms with Crippen LogP contribution in [0, 0.1) is 19.7 Å². The number of Topliss-reactive ketones (excluding diaryl/α,β-unsaturated/α-hetero) is 1. The molecule has 0 aliphatic carbocycles. The van der Waals surface area contributed by atoms with Crippen LogP contribution in [-0.2, 0) is 11.3 Å². The normalized spacial score (nSPS) is 10.7. The first-order chi connectivity index (χ1) is 10.8. The highest BCUT2D eigenvalue weighted by Gasteiger charge is 2.19. The first kappa shape index (κ1) is 17.4. The summed E-state index contributed by atoms with van der Waals surface area (Å²) in [4.78, 5) is 24.2. The molecule has 1 heterocycles. The lowest BCUT2D eigenvalue weighted by Gasteiger charge is -2.07. The number of nitrogens with zero attached hydrogens (tertiary/aromatic N) is 1. The number of ether oxygens (including phenoxy) is 1. The SMILES string of the molecule is CCn1c(C)cc(C(=O)COC(=O)c2cc(Br)ccc2F)c1C. The number of rotatable bonds is 5. The van der Waals surface area contributed by atoms with Crippen LogP contribution >= 0.6 is 15.9 Å².